The minimum absolute atomic E-state index is 0.0222. The fourth-order valence-corrected chi connectivity index (χ4v) is 7.41. The van der Waals surface area contributed by atoms with E-state index in [4.69, 9.17) is 12.2 Å². The van der Waals surface area contributed by atoms with Crippen LogP contribution in [-0.2, 0) is 10.0 Å². The van der Waals surface area contributed by atoms with Gasteiger partial charge in [-0.3, -0.25) is 0 Å². The average molecular weight is 568 g/mol. The number of hydrogen-bond acceptors (Lipinski definition) is 8. The van der Waals surface area contributed by atoms with Gasteiger partial charge in [0.25, 0.3) is 0 Å². The van der Waals surface area contributed by atoms with Crippen molar-refractivity contribution in [1.82, 2.24) is 24.2 Å². The number of nitrogens with zero attached hydrogens (tertiary/aromatic N) is 5. The van der Waals surface area contributed by atoms with E-state index >= 15 is 0 Å². The molecule has 13 heteroatoms. The number of hydrogen-bond donors (Lipinski definition) is 4. The van der Waals surface area contributed by atoms with Crippen molar-refractivity contribution in [1.29, 1.82) is 0 Å². The van der Waals surface area contributed by atoms with Gasteiger partial charge in [0.2, 0.25) is 10.0 Å². The van der Waals surface area contributed by atoms with Crippen LogP contribution in [0.3, 0.4) is 0 Å². The minimum Gasteiger partial charge on any atom is -0.504 e. The zero-order valence-corrected chi connectivity index (χ0v) is 23.0. The molecule has 2 fully saturated rings. The van der Waals surface area contributed by atoms with E-state index in [1.54, 1.807) is 28.6 Å². The molecule has 39 heavy (non-hydrogen) atoms. The van der Waals surface area contributed by atoms with Gasteiger partial charge >= 0.3 is 0 Å². The predicted octanol–water partition coefficient (Wildman–Crippen LogP) is 3.21. The zero-order chi connectivity index (χ0) is 27.3. The summed E-state index contributed by atoms with van der Waals surface area (Å²) in [6.07, 6.45) is 3.28. The van der Waals surface area contributed by atoms with Crippen molar-refractivity contribution in [2.24, 2.45) is 0 Å². The molecule has 0 saturated carbocycles. The third kappa shape index (κ3) is 4.60. The number of fused-ring (bicyclic) bond motifs is 3. The summed E-state index contributed by atoms with van der Waals surface area (Å²) in [6, 6.07) is 9.77. The number of phenols is 2. The van der Waals surface area contributed by atoms with Gasteiger partial charge in [0, 0.05) is 55.9 Å². The number of phenolic OH excluding ortho intramolecular Hbond substituents is 2. The normalized spacial score (nSPS) is 18.7. The van der Waals surface area contributed by atoms with Gasteiger partial charge in [0.05, 0.1) is 15.8 Å². The second kappa shape index (κ2) is 9.81. The first-order valence-corrected chi connectivity index (χ1v) is 14.7. The topological polar surface area (TPSA) is 138 Å². The van der Waals surface area contributed by atoms with Crippen molar-refractivity contribution >= 4 is 60.8 Å². The fraction of sp³-hybridized carbons (Fsp3) is 0.346. The van der Waals surface area contributed by atoms with Gasteiger partial charge in [-0.15, -0.1) is 0 Å². The van der Waals surface area contributed by atoms with Gasteiger partial charge in [-0.25, -0.2) is 18.4 Å². The van der Waals surface area contributed by atoms with Crippen LogP contribution in [0.1, 0.15) is 19.8 Å². The van der Waals surface area contributed by atoms with Crippen molar-refractivity contribution < 1.29 is 18.6 Å². The van der Waals surface area contributed by atoms with Gasteiger partial charge < -0.3 is 30.3 Å². The maximum atomic E-state index is 13.0. The highest BCUT2D eigenvalue weighted by Gasteiger charge is 2.32. The lowest BCUT2D eigenvalue weighted by atomic mass is 10.1. The summed E-state index contributed by atoms with van der Waals surface area (Å²) < 4.78 is 27.5. The first kappa shape index (κ1) is 25.6. The van der Waals surface area contributed by atoms with E-state index < -0.39 is 10.0 Å². The van der Waals surface area contributed by atoms with Gasteiger partial charge in [-0.1, -0.05) is 0 Å². The molecular formula is C26H29N7O4S2. The first-order chi connectivity index (χ1) is 18.7. The minimum atomic E-state index is -3.50. The van der Waals surface area contributed by atoms with Gasteiger partial charge in [-0.05, 0) is 62.3 Å². The molecule has 2 aromatic heterocycles. The fourth-order valence-electron chi connectivity index (χ4n) is 5.41. The lowest BCUT2D eigenvalue weighted by molar-refractivity contribution is 0.390. The van der Waals surface area contributed by atoms with Gasteiger partial charge in [0.1, 0.15) is 17.8 Å². The molecule has 4 N–H and O–H groups in total. The van der Waals surface area contributed by atoms with E-state index in [9.17, 15) is 18.6 Å². The van der Waals surface area contributed by atoms with E-state index in [0.717, 1.165) is 35.1 Å². The number of H-pyrrole nitrogens is 1. The number of sulfonamides is 1. The lowest BCUT2D eigenvalue weighted by Gasteiger charge is -2.37. The zero-order valence-electron chi connectivity index (χ0n) is 21.3. The third-order valence-corrected chi connectivity index (χ3v) is 9.92. The van der Waals surface area contributed by atoms with E-state index in [2.05, 4.69) is 30.1 Å². The number of piperazine rings is 1. The van der Waals surface area contributed by atoms with Gasteiger partial charge in [-0.2, -0.15) is 4.31 Å². The quantitative estimate of drug-likeness (QED) is 0.215. The smallest absolute Gasteiger partial charge is 0.243 e. The van der Waals surface area contributed by atoms with E-state index in [-0.39, 0.29) is 17.5 Å². The number of rotatable bonds is 4. The molecule has 0 amide bonds. The number of anilines is 2. The Kier molecular flexibility index (Phi) is 6.44. The summed E-state index contributed by atoms with van der Waals surface area (Å²) in [6.45, 7) is 5.15. The molecule has 0 aliphatic carbocycles. The SMILES string of the molecule is CC1CCCN1S(=O)(=O)c1ccc(NC(=S)N2CCN(c3ncnc4[nH]c5cc(O)c(O)cc5c34)CC2)cc1. The Bertz CT molecular complexity index is 1670. The van der Waals surface area contributed by atoms with Crippen LogP contribution in [0.25, 0.3) is 21.9 Å². The molecule has 2 aromatic carbocycles. The van der Waals surface area contributed by atoms with Crippen LogP contribution in [0.2, 0.25) is 0 Å². The van der Waals surface area contributed by atoms with Crippen LogP contribution in [0.15, 0.2) is 47.6 Å². The van der Waals surface area contributed by atoms with E-state index in [1.165, 1.54) is 18.5 Å². The monoisotopic (exact) mass is 567 g/mol. The van der Waals surface area contributed by atoms with Crippen molar-refractivity contribution in [2.75, 3.05) is 42.9 Å². The Hall–Kier alpha value is -3.68. The molecule has 204 valence electrons. The molecule has 4 aromatic rings. The molecule has 11 nitrogen and oxygen atoms in total. The van der Waals surface area contributed by atoms with Crippen LogP contribution in [0.5, 0.6) is 11.5 Å². The van der Waals surface area contributed by atoms with Crippen molar-refractivity contribution in [3.8, 4) is 11.5 Å². The Labute approximate surface area is 231 Å². The number of aromatic nitrogens is 3. The maximum absolute atomic E-state index is 13.0. The Morgan fingerprint density at radius 3 is 2.46 bits per heavy atom. The Morgan fingerprint density at radius 1 is 1.05 bits per heavy atom. The van der Waals surface area contributed by atoms with Crippen LogP contribution in [-0.4, -0.2) is 86.7 Å². The first-order valence-electron chi connectivity index (χ1n) is 12.8. The Morgan fingerprint density at radius 2 is 1.77 bits per heavy atom. The van der Waals surface area contributed by atoms with Crippen molar-refractivity contribution in [2.45, 2.75) is 30.7 Å². The lowest BCUT2D eigenvalue weighted by Crippen LogP contribution is -2.50. The molecule has 0 radical (unpaired) electrons. The molecule has 0 bridgehead atoms. The molecule has 4 heterocycles. The molecular weight excluding hydrogens is 538 g/mol. The van der Waals surface area contributed by atoms with E-state index in [1.807, 2.05) is 6.92 Å². The van der Waals surface area contributed by atoms with Crippen LogP contribution in [0, 0.1) is 0 Å². The van der Waals surface area contributed by atoms with Crippen molar-refractivity contribution in [3.63, 3.8) is 0 Å². The molecule has 0 spiro atoms. The standard InChI is InChI=1S/C26H29N7O4S2/c1-16-3-2-8-33(16)39(36,37)18-6-4-17(5-7-18)29-26(38)32-11-9-31(10-12-32)25-23-19-13-21(34)22(35)14-20(19)30-24(23)27-15-28-25/h4-7,13-16,34-35H,2-3,8-12H2,1H3,(H,29,38)(H,27,28,30). The second-order valence-electron chi connectivity index (χ2n) is 9.97. The number of aromatic amines is 1. The summed E-state index contributed by atoms with van der Waals surface area (Å²) >= 11 is 5.66. The van der Waals surface area contributed by atoms with E-state index in [0.29, 0.717) is 53.9 Å². The third-order valence-electron chi connectivity index (χ3n) is 7.53. The molecule has 1 atom stereocenters. The number of thiocarbonyl (C=S) groups is 1. The van der Waals surface area contributed by atoms with Crippen LogP contribution < -0.4 is 10.2 Å². The Balaban J connectivity index is 1.13. The molecule has 2 saturated heterocycles. The highest BCUT2D eigenvalue weighted by Crippen LogP contribution is 2.37. The summed E-state index contributed by atoms with van der Waals surface area (Å²) in [4.78, 5) is 16.6. The number of aromatic hydroxyl groups is 2. The number of benzene rings is 2. The van der Waals surface area contributed by atoms with Crippen LogP contribution >= 0.6 is 12.2 Å². The summed E-state index contributed by atoms with van der Waals surface area (Å²) in [5, 5.41) is 25.3. The van der Waals surface area contributed by atoms with Crippen molar-refractivity contribution in [3.05, 3.63) is 42.7 Å². The van der Waals surface area contributed by atoms with Crippen LogP contribution in [0.4, 0.5) is 11.5 Å². The molecule has 6 rings (SSSR count). The highest BCUT2D eigenvalue weighted by molar-refractivity contribution is 7.89. The maximum Gasteiger partial charge on any atom is 0.243 e. The number of nitrogens with one attached hydrogen (secondary N) is 2. The summed E-state index contributed by atoms with van der Waals surface area (Å²) in [5.74, 6) is 0.352. The largest absolute Gasteiger partial charge is 0.504 e. The molecule has 1 unspecified atom stereocenters. The molecule has 2 aliphatic heterocycles. The summed E-state index contributed by atoms with van der Waals surface area (Å²) in [7, 11) is -3.50. The van der Waals surface area contributed by atoms with Gasteiger partial charge in [0.15, 0.2) is 16.6 Å². The second-order valence-corrected chi connectivity index (χ2v) is 12.2. The molecule has 2 aliphatic rings. The summed E-state index contributed by atoms with van der Waals surface area (Å²) in [5.41, 5.74) is 2.03. The average Bonchev–Trinajstić information content (AvgIpc) is 3.52. The highest BCUT2D eigenvalue weighted by atomic mass is 32.2. The predicted molar refractivity (Wildman–Crippen MR) is 154 cm³/mol.